The van der Waals surface area contributed by atoms with Crippen LogP contribution in [-0.4, -0.2) is 28.5 Å². The smallest absolute Gasteiger partial charge is 0.262 e. The quantitative estimate of drug-likeness (QED) is 0.593. The van der Waals surface area contributed by atoms with E-state index >= 15 is 0 Å². The molecule has 0 spiro atoms. The molecule has 0 atom stereocenters. The summed E-state index contributed by atoms with van der Waals surface area (Å²) >= 11 is 0. The Kier molecular flexibility index (Phi) is 6.22. The molecule has 0 aliphatic carbocycles. The summed E-state index contributed by atoms with van der Waals surface area (Å²) < 4.78 is 51.2. The molecule has 0 bridgehead atoms. The maximum atomic E-state index is 13.2. The van der Waals surface area contributed by atoms with Crippen molar-refractivity contribution in [3.8, 4) is 11.5 Å². The van der Waals surface area contributed by atoms with Crippen LogP contribution in [0.5, 0.6) is 11.5 Å². The van der Waals surface area contributed by atoms with Gasteiger partial charge in [0, 0.05) is 23.0 Å². The summed E-state index contributed by atoms with van der Waals surface area (Å²) in [6.07, 6.45) is 0. The molecule has 3 aromatic carbocycles. The normalized spacial score (nSPS) is 10.9. The van der Waals surface area contributed by atoms with E-state index in [9.17, 15) is 17.6 Å². The molecule has 0 heterocycles. The zero-order valence-electron chi connectivity index (χ0n) is 16.2. The van der Waals surface area contributed by atoms with Gasteiger partial charge in [-0.2, -0.15) is 0 Å². The van der Waals surface area contributed by atoms with Crippen LogP contribution in [0.25, 0.3) is 0 Å². The average molecular weight is 430 g/mol. The predicted molar refractivity (Wildman–Crippen MR) is 111 cm³/mol. The number of methoxy groups -OCH3 is 2. The number of amides is 1. The highest BCUT2D eigenvalue weighted by Gasteiger charge is 2.17. The molecular formula is C21H19FN2O5S. The third-order valence-electron chi connectivity index (χ3n) is 4.15. The summed E-state index contributed by atoms with van der Waals surface area (Å²) in [6.45, 7) is 0. The highest BCUT2D eigenvalue weighted by molar-refractivity contribution is 7.92. The van der Waals surface area contributed by atoms with E-state index in [2.05, 4.69) is 10.0 Å². The lowest BCUT2D eigenvalue weighted by Crippen LogP contribution is -2.14. The molecule has 156 valence electrons. The number of rotatable bonds is 7. The lowest BCUT2D eigenvalue weighted by Gasteiger charge is -2.12. The Morgan fingerprint density at radius 3 is 2.20 bits per heavy atom. The van der Waals surface area contributed by atoms with E-state index in [0.29, 0.717) is 11.4 Å². The van der Waals surface area contributed by atoms with Gasteiger partial charge in [-0.3, -0.25) is 9.52 Å². The van der Waals surface area contributed by atoms with Crippen LogP contribution in [-0.2, 0) is 10.0 Å². The van der Waals surface area contributed by atoms with Crippen molar-refractivity contribution in [1.29, 1.82) is 0 Å². The predicted octanol–water partition coefficient (Wildman–Crippen LogP) is 3.90. The van der Waals surface area contributed by atoms with Crippen LogP contribution in [0.2, 0.25) is 0 Å². The SMILES string of the molecule is COc1ccc(S(=O)(=O)Nc2ccc(C(=O)Nc3cccc(F)c3)cc2)cc1OC. The van der Waals surface area contributed by atoms with Crippen LogP contribution in [0.4, 0.5) is 15.8 Å². The van der Waals surface area contributed by atoms with E-state index in [0.717, 1.165) is 0 Å². The Morgan fingerprint density at radius 2 is 1.57 bits per heavy atom. The molecule has 9 heteroatoms. The van der Waals surface area contributed by atoms with Gasteiger partial charge in [-0.1, -0.05) is 6.07 Å². The Balaban J connectivity index is 1.74. The van der Waals surface area contributed by atoms with Crippen molar-refractivity contribution in [2.45, 2.75) is 4.90 Å². The lowest BCUT2D eigenvalue weighted by molar-refractivity contribution is 0.102. The molecule has 0 radical (unpaired) electrons. The van der Waals surface area contributed by atoms with Gasteiger partial charge in [0.25, 0.3) is 15.9 Å². The molecule has 3 rings (SSSR count). The summed E-state index contributed by atoms with van der Waals surface area (Å²) in [7, 11) is -1.02. The molecule has 0 aliphatic heterocycles. The Morgan fingerprint density at radius 1 is 0.867 bits per heavy atom. The van der Waals surface area contributed by atoms with Crippen molar-refractivity contribution in [2.24, 2.45) is 0 Å². The molecule has 0 saturated heterocycles. The van der Waals surface area contributed by atoms with E-state index < -0.39 is 21.7 Å². The van der Waals surface area contributed by atoms with Crippen LogP contribution in [0.15, 0.2) is 71.6 Å². The third-order valence-corrected chi connectivity index (χ3v) is 5.53. The Bertz CT molecular complexity index is 1160. The summed E-state index contributed by atoms with van der Waals surface area (Å²) in [6, 6.07) is 15.6. The van der Waals surface area contributed by atoms with Crippen LogP contribution in [0, 0.1) is 5.82 Å². The molecule has 30 heavy (non-hydrogen) atoms. The number of sulfonamides is 1. The second kappa shape index (κ2) is 8.83. The van der Waals surface area contributed by atoms with E-state index in [1.54, 1.807) is 6.07 Å². The molecule has 0 saturated carbocycles. The van der Waals surface area contributed by atoms with Crippen molar-refractivity contribution in [2.75, 3.05) is 24.3 Å². The third kappa shape index (κ3) is 4.87. The highest BCUT2D eigenvalue weighted by atomic mass is 32.2. The summed E-state index contributed by atoms with van der Waals surface area (Å²) in [5, 5.41) is 2.57. The number of halogens is 1. The minimum atomic E-state index is -3.89. The van der Waals surface area contributed by atoms with Gasteiger partial charge in [-0.15, -0.1) is 0 Å². The van der Waals surface area contributed by atoms with E-state index in [1.165, 1.54) is 74.9 Å². The first kappa shape index (κ1) is 21.1. The topological polar surface area (TPSA) is 93.7 Å². The largest absolute Gasteiger partial charge is 0.493 e. The first-order valence-electron chi connectivity index (χ1n) is 8.74. The van der Waals surface area contributed by atoms with Crippen molar-refractivity contribution in [3.05, 3.63) is 78.1 Å². The van der Waals surface area contributed by atoms with Gasteiger partial charge in [-0.05, 0) is 54.6 Å². The van der Waals surface area contributed by atoms with Crippen molar-refractivity contribution >= 4 is 27.3 Å². The number of ether oxygens (including phenoxy) is 2. The zero-order chi connectivity index (χ0) is 21.7. The summed E-state index contributed by atoms with van der Waals surface area (Å²) in [5.41, 5.74) is 0.874. The molecule has 0 unspecified atom stereocenters. The fraction of sp³-hybridized carbons (Fsp3) is 0.0952. The van der Waals surface area contributed by atoms with Gasteiger partial charge in [-0.25, -0.2) is 12.8 Å². The van der Waals surface area contributed by atoms with Gasteiger partial charge in [0.2, 0.25) is 0 Å². The lowest BCUT2D eigenvalue weighted by atomic mass is 10.2. The minimum absolute atomic E-state index is 0.00641. The van der Waals surface area contributed by atoms with Crippen LogP contribution < -0.4 is 19.5 Å². The maximum Gasteiger partial charge on any atom is 0.262 e. The van der Waals surface area contributed by atoms with Gasteiger partial charge in [0.1, 0.15) is 5.82 Å². The van der Waals surface area contributed by atoms with E-state index in [4.69, 9.17) is 9.47 Å². The second-order valence-electron chi connectivity index (χ2n) is 6.16. The van der Waals surface area contributed by atoms with Gasteiger partial charge < -0.3 is 14.8 Å². The van der Waals surface area contributed by atoms with Crippen LogP contribution in [0.1, 0.15) is 10.4 Å². The number of hydrogen-bond donors (Lipinski definition) is 2. The monoisotopic (exact) mass is 430 g/mol. The van der Waals surface area contributed by atoms with Gasteiger partial charge in [0.15, 0.2) is 11.5 Å². The standard InChI is InChI=1S/C21H19FN2O5S/c1-28-19-11-10-18(13-20(19)29-2)30(26,27)24-16-8-6-14(7-9-16)21(25)23-17-5-3-4-15(22)12-17/h3-13,24H,1-2H3,(H,23,25). The number of anilines is 2. The molecule has 3 aromatic rings. The molecule has 0 aliphatic rings. The van der Waals surface area contributed by atoms with Crippen molar-refractivity contribution in [1.82, 2.24) is 0 Å². The van der Waals surface area contributed by atoms with Gasteiger partial charge in [0.05, 0.1) is 19.1 Å². The fourth-order valence-electron chi connectivity index (χ4n) is 2.66. The van der Waals surface area contributed by atoms with Crippen molar-refractivity contribution in [3.63, 3.8) is 0 Å². The first-order chi connectivity index (χ1) is 14.3. The number of carbonyl (C=O) groups excluding carboxylic acids is 1. The number of carbonyl (C=O) groups is 1. The van der Waals surface area contributed by atoms with Crippen molar-refractivity contribution < 1.29 is 27.1 Å². The molecule has 0 aromatic heterocycles. The zero-order valence-corrected chi connectivity index (χ0v) is 17.0. The summed E-state index contributed by atoms with van der Waals surface area (Å²) in [5.74, 6) is -0.225. The second-order valence-corrected chi connectivity index (χ2v) is 7.85. The van der Waals surface area contributed by atoms with Crippen LogP contribution in [0.3, 0.4) is 0 Å². The average Bonchev–Trinajstić information content (AvgIpc) is 2.73. The van der Waals surface area contributed by atoms with E-state index in [1.807, 2.05) is 0 Å². The molecule has 7 nitrogen and oxygen atoms in total. The first-order valence-corrected chi connectivity index (χ1v) is 10.2. The molecule has 0 fully saturated rings. The summed E-state index contributed by atoms with van der Waals surface area (Å²) in [4.78, 5) is 12.3. The molecule has 2 N–H and O–H groups in total. The number of nitrogens with one attached hydrogen (secondary N) is 2. The number of hydrogen-bond acceptors (Lipinski definition) is 5. The fourth-order valence-corrected chi connectivity index (χ4v) is 3.73. The molecular weight excluding hydrogens is 411 g/mol. The van der Waals surface area contributed by atoms with Gasteiger partial charge >= 0.3 is 0 Å². The molecule has 1 amide bonds. The van der Waals surface area contributed by atoms with E-state index in [-0.39, 0.29) is 21.9 Å². The Hall–Kier alpha value is -3.59. The maximum absolute atomic E-state index is 13.2. The minimum Gasteiger partial charge on any atom is -0.493 e. The highest BCUT2D eigenvalue weighted by Crippen LogP contribution is 2.30. The Labute approximate surface area is 173 Å². The number of benzene rings is 3. The van der Waals surface area contributed by atoms with Crippen LogP contribution >= 0.6 is 0 Å².